The summed E-state index contributed by atoms with van der Waals surface area (Å²) in [5, 5.41) is 3.42. The number of nitrogens with one attached hydrogen (secondary N) is 2. The van der Waals surface area contributed by atoms with Gasteiger partial charge in [-0.05, 0) is 44.7 Å². The third-order valence-corrected chi connectivity index (χ3v) is 8.64. The fourth-order valence-corrected chi connectivity index (χ4v) is 6.08. The second-order valence-electron chi connectivity index (χ2n) is 8.73. The monoisotopic (exact) mass is 498 g/mol. The van der Waals surface area contributed by atoms with E-state index in [2.05, 4.69) is 15.3 Å². The SMILES string of the molecule is Cc1sc2nc(CSC(C)C(=O)N3CCC(C(=O)NCc4ccccc4)CC3)[nH]c(=O)c2c1C. The zero-order valence-electron chi connectivity index (χ0n) is 19.7. The van der Waals surface area contributed by atoms with Crippen molar-refractivity contribution in [3.63, 3.8) is 0 Å². The Morgan fingerprint density at radius 2 is 1.94 bits per heavy atom. The maximum absolute atomic E-state index is 12.9. The number of carbonyl (C=O) groups excluding carboxylic acids is 2. The van der Waals surface area contributed by atoms with Crippen LogP contribution in [-0.2, 0) is 21.9 Å². The zero-order valence-corrected chi connectivity index (χ0v) is 21.4. The van der Waals surface area contributed by atoms with Crippen molar-refractivity contribution in [1.29, 1.82) is 0 Å². The number of carbonyl (C=O) groups is 2. The number of hydrogen-bond acceptors (Lipinski definition) is 6. The predicted octanol–water partition coefficient (Wildman–Crippen LogP) is 3.78. The number of fused-ring (bicyclic) bond motifs is 1. The summed E-state index contributed by atoms with van der Waals surface area (Å²) in [7, 11) is 0. The quantitative estimate of drug-likeness (QED) is 0.517. The number of aryl methyl sites for hydroxylation is 2. The number of H-pyrrole nitrogens is 1. The Hall–Kier alpha value is -2.65. The van der Waals surface area contributed by atoms with Gasteiger partial charge < -0.3 is 15.2 Å². The molecule has 7 nitrogen and oxygen atoms in total. The molecule has 0 spiro atoms. The Morgan fingerprint density at radius 3 is 2.65 bits per heavy atom. The third-order valence-electron chi connectivity index (χ3n) is 6.39. The number of hydrogen-bond donors (Lipinski definition) is 2. The average Bonchev–Trinajstić information content (AvgIpc) is 3.14. The molecule has 4 rings (SSSR count). The fraction of sp³-hybridized carbons (Fsp3) is 0.440. The van der Waals surface area contributed by atoms with Gasteiger partial charge in [-0.25, -0.2) is 4.98 Å². The molecular weight excluding hydrogens is 468 g/mol. The largest absolute Gasteiger partial charge is 0.352 e. The number of aromatic amines is 1. The number of thioether (sulfide) groups is 1. The maximum atomic E-state index is 12.9. The Bertz CT molecular complexity index is 1230. The number of amides is 2. The molecule has 1 unspecified atom stereocenters. The number of aromatic nitrogens is 2. The first-order valence-corrected chi connectivity index (χ1v) is 13.4. The van der Waals surface area contributed by atoms with E-state index in [-0.39, 0.29) is 28.5 Å². The van der Waals surface area contributed by atoms with E-state index in [0.29, 0.717) is 49.4 Å². The van der Waals surface area contributed by atoms with Crippen LogP contribution in [0.3, 0.4) is 0 Å². The number of rotatable bonds is 7. The Labute approximate surface area is 207 Å². The van der Waals surface area contributed by atoms with Gasteiger partial charge in [0.15, 0.2) is 0 Å². The van der Waals surface area contributed by atoms with Gasteiger partial charge in [0.1, 0.15) is 10.7 Å². The Morgan fingerprint density at radius 1 is 1.24 bits per heavy atom. The van der Waals surface area contributed by atoms with Crippen molar-refractivity contribution < 1.29 is 9.59 Å². The van der Waals surface area contributed by atoms with Crippen LogP contribution in [0.5, 0.6) is 0 Å². The molecule has 2 amide bonds. The fourth-order valence-electron chi connectivity index (χ4n) is 4.19. The topological polar surface area (TPSA) is 95.2 Å². The van der Waals surface area contributed by atoms with Gasteiger partial charge >= 0.3 is 0 Å². The van der Waals surface area contributed by atoms with E-state index in [9.17, 15) is 14.4 Å². The summed E-state index contributed by atoms with van der Waals surface area (Å²) >= 11 is 3.00. The van der Waals surface area contributed by atoms with E-state index in [1.54, 1.807) is 0 Å². The molecule has 2 N–H and O–H groups in total. The van der Waals surface area contributed by atoms with Gasteiger partial charge in [-0.15, -0.1) is 23.1 Å². The molecule has 1 saturated heterocycles. The van der Waals surface area contributed by atoms with Gasteiger partial charge in [0.05, 0.1) is 16.4 Å². The van der Waals surface area contributed by atoms with E-state index < -0.39 is 0 Å². The highest BCUT2D eigenvalue weighted by Gasteiger charge is 2.29. The molecule has 1 aromatic carbocycles. The first-order chi connectivity index (χ1) is 16.3. The van der Waals surface area contributed by atoms with Gasteiger partial charge in [-0.3, -0.25) is 14.4 Å². The van der Waals surface area contributed by atoms with E-state index in [1.165, 1.54) is 23.1 Å². The smallest absolute Gasteiger partial charge is 0.259 e. The van der Waals surface area contributed by atoms with Gasteiger partial charge in [0.25, 0.3) is 5.56 Å². The first-order valence-electron chi connectivity index (χ1n) is 11.5. The van der Waals surface area contributed by atoms with E-state index in [0.717, 1.165) is 20.8 Å². The van der Waals surface area contributed by atoms with Crippen molar-refractivity contribution in [2.45, 2.75) is 51.2 Å². The first kappa shape index (κ1) is 24.5. The molecule has 0 radical (unpaired) electrons. The summed E-state index contributed by atoms with van der Waals surface area (Å²) in [4.78, 5) is 49.1. The molecule has 1 atom stereocenters. The minimum atomic E-state index is -0.253. The highest BCUT2D eigenvalue weighted by atomic mass is 32.2. The van der Waals surface area contributed by atoms with Crippen LogP contribution in [-0.4, -0.2) is 45.0 Å². The lowest BCUT2D eigenvalue weighted by atomic mass is 9.95. The lowest BCUT2D eigenvalue weighted by molar-refractivity contribution is -0.135. The van der Waals surface area contributed by atoms with Crippen molar-refractivity contribution >= 4 is 45.1 Å². The molecule has 0 saturated carbocycles. The lowest BCUT2D eigenvalue weighted by Crippen LogP contribution is -2.45. The lowest BCUT2D eigenvalue weighted by Gasteiger charge is -2.33. The molecule has 1 aliphatic heterocycles. The molecular formula is C25H30N4O3S2. The second-order valence-corrected chi connectivity index (χ2v) is 11.3. The Kier molecular flexibility index (Phi) is 7.73. The molecule has 1 fully saturated rings. The van der Waals surface area contributed by atoms with E-state index >= 15 is 0 Å². The van der Waals surface area contributed by atoms with E-state index in [4.69, 9.17) is 0 Å². The minimum absolute atomic E-state index is 0.0582. The van der Waals surface area contributed by atoms with E-state index in [1.807, 2.05) is 56.0 Å². The molecule has 180 valence electrons. The molecule has 1 aliphatic rings. The molecule has 9 heteroatoms. The molecule has 0 aliphatic carbocycles. The standard InChI is InChI=1S/C25H30N4O3S2/c1-15-16(2)34-24-21(15)23(31)27-20(28-24)14-33-17(3)25(32)29-11-9-19(10-12-29)22(30)26-13-18-7-5-4-6-8-18/h4-8,17,19H,9-14H2,1-3H3,(H,26,30)(H,27,28,31). The number of nitrogens with zero attached hydrogens (tertiary/aromatic N) is 2. The summed E-state index contributed by atoms with van der Waals surface area (Å²) in [5.74, 6) is 1.13. The number of piperidine rings is 1. The molecule has 0 bridgehead atoms. The summed E-state index contributed by atoms with van der Waals surface area (Å²) in [5.41, 5.74) is 1.94. The van der Waals surface area contributed by atoms with Gasteiger partial charge in [0.2, 0.25) is 11.8 Å². The van der Waals surface area contributed by atoms with Gasteiger partial charge in [-0.1, -0.05) is 30.3 Å². The second kappa shape index (κ2) is 10.7. The maximum Gasteiger partial charge on any atom is 0.259 e. The van der Waals surface area contributed by atoms with Crippen LogP contribution < -0.4 is 10.9 Å². The number of likely N-dealkylation sites (tertiary alicyclic amines) is 1. The zero-order chi connectivity index (χ0) is 24.2. The summed E-state index contributed by atoms with van der Waals surface area (Å²) in [6.07, 6.45) is 1.35. The molecule has 3 aromatic rings. The summed E-state index contributed by atoms with van der Waals surface area (Å²) in [6.45, 7) is 7.52. The van der Waals surface area contributed by atoms with Gasteiger partial charge in [-0.2, -0.15) is 0 Å². The van der Waals surface area contributed by atoms with Crippen molar-refractivity contribution in [2.75, 3.05) is 13.1 Å². The van der Waals surface area contributed by atoms with Crippen LogP contribution in [0.4, 0.5) is 0 Å². The number of benzene rings is 1. The highest BCUT2D eigenvalue weighted by Crippen LogP contribution is 2.27. The van der Waals surface area contributed by atoms with Gasteiger partial charge in [0, 0.05) is 30.4 Å². The molecule has 34 heavy (non-hydrogen) atoms. The minimum Gasteiger partial charge on any atom is -0.352 e. The predicted molar refractivity (Wildman–Crippen MR) is 138 cm³/mol. The summed E-state index contributed by atoms with van der Waals surface area (Å²) < 4.78 is 0. The molecule has 2 aromatic heterocycles. The Balaban J connectivity index is 1.26. The van der Waals surface area contributed by atoms with Crippen molar-refractivity contribution in [1.82, 2.24) is 20.2 Å². The molecule has 3 heterocycles. The number of thiophene rings is 1. The van der Waals surface area contributed by atoms with Crippen LogP contribution in [0.2, 0.25) is 0 Å². The average molecular weight is 499 g/mol. The highest BCUT2D eigenvalue weighted by molar-refractivity contribution is 7.99. The van der Waals surface area contributed by atoms with Crippen LogP contribution in [0.15, 0.2) is 35.1 Å². The van der Waals surface area contributed by atoms with Crippen molar-refractivity contribution in [2.24, 2.45) is 5.92 Å². The summed E-state index contributed by atoms with van der Waals surface area (Å²) in [6, 6.07) is 9.86. The van der Waals surface area contributed by atoms with Crippen LogP contribution in [0.25, 0.3) is 10.2 Å². The third kappa shape index (κ3) is 5.52. The van der Waals surface area contributed by atoms with Crippen molar-refractivity contribution in [3.05, 3.63) is 62.5 Å². The van der Waals surface area contributed by atoms with Crippen LogP contribution >= 0.6 is 23.1 Å². The normalized spacial score (nSPS) is 15.4. The van der Waals surface area contributed by atoms with Crippen molar-refractivity contribution in [3.8, 4) is 0 Å². The van der Waals surface area contributed by atoms with Crippen LogP contribution in [0.1, 0.15) is 41.6 Å². The van der Waals surface area contributed by atoms with Crippen LogP contribution in [0, 0.1) is 19.8 Å².